The van der Waals surface area contributed by atoms with Crippen molar-refractivity contribution < 1.29 is 13.6 Å². The van der Waals surface area contributed by atoms with Crippen LogP contribution in [0.15, 0.2) is 5.16 Å². The van der Waals surface area contributed by atoms with Gasteiger partial charge < -0.3 is 9.39 Å². The molecule has 4 nitrogen and oxygen atoms in total. The maximum Gasteiger partial charge on any atom is 0.228 e. The standard InChI is InChI=1S/C8H17NO3S/c1-5-7(4)9-12-8(6(2)3)13(10)11/h6,8H,5H2,1-4H3,(H,10,11). The highest BCUT2D eigenvalue weighted by atomic mass is 32.2. The monoisotopic (exact) mass is 207 g/mol. The van der Waals surface area contributed by atoms with E-state index in [-0.39, 0.29) is 5.92 Å². The number of oxime groups is 1. The highest BCUT2D eigenvalue weighted by molar-refractivity contribution is 7.79. The van der Waals surface area contributed by atoms with Crippen LogP contribution in [0.4, 0.5) is 0 Å². The first kappa shape index (κ1) is 12.6. The lowest BCUT2D eigenvalue weighted by molar-refractivity contribution is 0.0814. The van der Waals surface area contributed by atoms with E-state index in [1.54, 1.807) is 0 Å². The average molecular weight is 207 g/mol. The molecule has 78 valence electrons. The summed E-state index contributed by atoms with van der Waals surface area (Å²) < 4.78 is 19.6. The van der Waals surface area contributed by atoms with Crippen molar-refractivity contribution in [2.75, 3.05) is 0 Å². The summed E-state index contributed by atoms with van der Waals surface area (Å²) in [6.07, 6.45) is 0.781. The van der Waals surface area contributed by atoms with Crippen molar-refractivity contribution in [2.45, 2.75) is 39.6 Å². The largest absolute Gasteiger partial charge is 0.376 e. The van der Waals surface area contributed by atoms with Crippen LogP contribution in [-0.4, -0.2) is 19.9 Å². The number of hydrogen-bond acceptors (Lipinski definition) is 3. The van der Waals surface area contributed by atoms with Gasteiger partial charge in [0.25, 0.3) is 0 Å². The maximum absolute atomic E-state index is 10.8. The molecule has 1 N–H and O–H groups in total. The Kier molecular flexibility index (Phi) is 5.90. The topological polar surface area (TPSA) is 58.9 Å². The maximum atomic E-state index is 10.8. The Morgan fingerprint density at radius 1 is 1.62 bits per heavy atom. The molecule has 0 aliphatic heterocycles. The second-order valence-electron chi connectivity index (χ2n) is 3.17. The fraction of sp³-hybridized carbons (Fsp3) is 0.875. The SMILES string of the molecule is CCC(C)=NOC(C(C)C)S(=O)O. The summed E-state index contributed by atoms with van der Waals surface area (Å²) in [5.74, 6) is -0.0285. The van der Waals surface area contributed by atoms with Crippen molar-refractivity contribution in [1.29, 1.82) is 0 Å². The molecule has 0 aromatic rings. The minimum atomic E-state index is -1.98. The van der Waals surface area contributed by atoms with Crippen molar-refractivity contribution in [3.05, 3.63) is 0 Å². The summed E-state index contributed by atoms with van der Waals surface area (Å²) in [5.41, 5.74) is 0.0811. The Balaban J connectivity index is 4.20. The molecule has 2 unspecified atom stereocenters. The van der Waals surface area contributed by atoms with Gasteiger partial charge in [-0.3, -0.25) is 0 Å². The molecule has 0 aromatic carbocycles. The summed E-state index contributed by atoms with van der Waals surface area (Å²) in [5, 5.41) is 3.75. The number of rotatable bonds is 5. The minimum Gasteiger partial charge on any atom is -0.376 e. The van der Waals surface area contributed by atoms with Gasteiger partial charge >= 0.3 is 0 Å². The van der Waals surface area contributed by atoms with Crippen molar-refractivity contribution in [3.8, 4) is 0 Å². The van der Waals surface area contributed by atoms with Gasteiger partial charge in [0.2, 0.25) is 5.44 Å². The van der Waals surface area contributed by atoms with Gasteiger partial charge in [0.05, 0.1) is 5.71 Å². The van der Waals surface area contributed by atoms with E-state index in [2.05, 4.69) is 5.16 Å². The Morgan fingerprint density at radius 2 is 2.15 bits per heavy atom. The van der Waals surface area contributed by atoms with Gasteiger partial charge in [0.1, 0.15) is 0 Å². The third-order valence-electron chi connectivity index (χ3n) is 1.57. The Morgan fingerprint density at radius 3 is 2.46 bits per heavy atom. The van der Waals surface area contributed by atoms with Crippen LogP contribution in [0.5, 0.6) is 0 Å². The van der Waals surface area contributed by atoms with E-state index in [0.717, 1.165) is 12.1 Å². The fourth-order valence-corrected chi connectivity index (χ4v) is 1.18. The summed E-state index contributed by atoms with van der Waals surface area (Å²) >= 11 is -1.98. The zero-order chi connectivity index (χ0) is 10.4. The molecule has 0 spiro atoms. The fourth-order valence-electron chi connectivity index (χ4n) is 0.598. The van der Waals surface area contributed by atoms with Crippen molar-refractivity contribution in [2.24, 2.45) is 11.1 Å². The highest BCUT2D eigenvalue weighted by Gasteiger charge is 2.21. The van der Waals surface area contributed by atoms with Crippen LogP contribution in [0.2, 0.25) is 0 Å². The smallest absolute Gasteiger partial charge is 0.228 e. The molecule has 0 saturated carbocycles. The van der Waals surface area contributed by atoms with E-state index in [1.165, 1.54) is 0 Å². The molecule has 0 saturated heterocycles. The third-order valence-corrected chi connectivity index (χ3v) is 2.60. The summed E-state index contributed by atoms with van der Waals surface area (Å²) in [7, 11) is 0. The molecule has 0 aliphatic carbocycles. The lowest BCUT2D eigenvalue weighted by Crippen LogP contribution is -2.23. The molecule has 13 heavy (non-hydrogen) atoms. The lowest BCUT2D eigenvalue weighted by Gasteiger charge is -2.14. The summed E-state index contributed by atoms with van der Waals surface area (Å²) in [6.45, 7) is 7.39. The molecule has 0 aliphatic rings. The minimum absolute atomic E-state index is 0.0285. The Bertz CT molecular complexity index is 204. The van der Waals surface area contributed by atoms with Crippen LogP contribution in [0, 0.1) is 5.92 Å². The Labute approximate surface area is 81.6 Å². The molecule has 0 heterocycles. The first-order valence-electron chi connectivity index (χ1n) is 4.28. The molecule has 0 rings (SSSR count). The molecule has 0 amide bonds. The average Bonchev–Trinajstić information content (AvgIpc) is 2.03. The van der Waals surface area contributed by atoms with Crippen LogP contribution >= 0.6 is 0 Å². The molecule has 0 aromatic heterocycles. The van der Waals surface area contributed by atoms with Crippen molar-refractivity contribution in [3.63, 3.8) is 0 Å². The van der Waals surface area contributed by atoms with E-state index in [1.807, 2.05) is 27.7 Å². The number of hydrogen-bond donors (Lipinski definition) is 1. The van der Waals surface area contributed by atoms with E-state index < -0.39 is 16.5 Å². The second kappa shape index (κ2) is 6.10. The quantitative estimate of drug-likeness (QED) is 0.426. The van der Waals surface area contributed by atoms with Crippen LogP contribution in [-0.2, 0) is 15.9 Å². The third kappa shape index (κ3) is 5.00. The van der Waals surface area contributed by atoms with E-state index in [0.29, 0.717) is 0 Å². The van der Waals surface area contributed by atoms with E-state index in [9.17, 15) is 4.21 Å². The summed E-state index contributed by atoms with van der Waals surface area (Å²) in [4.78, 5) is 4.96. The van der Waals surface area contributed by atoms with E-state index in [4.69, 9.17) is 9.39 Å². The highest BCUT2D eigenvalue weighted by Crippen LogP contribution is 2.10. The van der Waals surface area contributed by atoms with Crippen LogP contribution in [0.25, 0.3) is 0 Å². The lowest BCUT2D eigenvalue weighted by atomic mass is 10.2. The normalized spacial score (nSPS) is 17.2. The molecule has 0 fully saturated rings. The molecule has 0 bridgehead atoms. The van der Waals surface area contributed by atoms with Gasteiger partial charge in [-0.25, -0.2) is 4.21 Å². The predicted molar refractivity (Wildman–Crippen MR) is 53.9 cm³/mol. The van der Waals surface area contributed by atoms with Crippen molar-refractivity contribution >= 4 is 16.8 Å². The van der Waals surface area contributed by atoms with Crippen molar-refractivity contribution in [1.82, 2.24) is 0 Å². The van der Waals surface area contributed by atoms with E-state index >= 15 is 0 Å². The van der Waals surface area contributed by atoms with Crippen LogP contribution < -0.4 is 0 Å². The predicted octanol–water partition coefficient (Wildman–Crippen LogP) is 1.99. The van der Waals surface area contributed by atoms with Gasteiger partial charge in [-0.2, -0.15) is 0 Å². The van der Waals surface area contributed by atoms with Gasteiger partial charge in [-0.15, -0.1) is 0 Å². The zero-order valence-corrected chi connectivity index (χ0v) is 9.30. The van der Waals surface area contributed by atoms with Gasteiger partial charge in [-0.1, -0.05) is 25.9 Å². The summed E-state index contributed by atoms with van der Waals surface area (Å²) in [6, 6.07) is 0. The molecule has 0 radical (unpaired) electrons. The van der Waals surface area contributed by atoms with Crippen LogP contribution in [0.1, 0.15) is 34.1 Å². The zero-order valence-electron chi connectivity index (χ0n) is 8.48. The van der Waals surface area contributed by atoms with Gasteiger partial charge in [0.15, 0.2) is 11.1 Å². The van der Waals surface area contributed by atoms with Crippen LogP contribution in [0.3, 0.4) is 0 Å². The first-order chi connectivity index (χ1) is 5.99. The number of nitrogens with zero attached hydrogens (tertiary/aromatic N) is 1. The second-order valence-corrected chi connectivity index (χ2v) is 4.19. The molecular weight excluding hydrogens is 190 g/mol. The first-order valence-corrected chi connectivity index (χ1v) is 5.45. The molecular formula is C8H17NO3S. The van der Waals surface area contributed by atoms with Gasteiger partial charge in [-0.05, 0) is 13.3 Å². The van der Waals surface area contributed by atoms with Gasteiger partial charge in [0, 0.05) is 5.92 Å². The Hall–Kier alpha value is -0.420. The molecule has 5 heteroatoms. The molecule has 2 atom stereocenters.